The van der Waals surface area contributed by atoms with E-state index >= 15 is 0 Å². The van der Waals surface area contributed by atoms with Crippen molar-refractivity contribution in [3.05, 3.63) is 12.2 Å². The van der Waals surface area contributed by atoms with Gasteiger partial charge in [0.1, 0.15) is 0 Å². The average molecular weight is 181 g/mol. The van der Waals surface area contributed by atoms with Crippen LogP contribution >= 0.6 is 23.2 Å². The second-order valence-electron chi connectivity index (χ2n) is 1.53. The molecular formula is C6H6Cl2O2. The van der Waals surface area contributed by atoms with E-state index in [1.54, 1.807) is 0 Å². The maximum absolute atomic E-state index is 10.4. The minimum absolute atomic E-state index is 0.105. The molecule has 0 aliphatic heterocycles. The molecule has 0 aromatic heterocycles. The summed E-state index contributed by atoms with van der Waals surface area (Å²) < 4.78 is 0. The molecule has 10 heavy (non-hydrogen) atoms. The van der Waals surface area contributed by atoms with E-state index < -0.39 is 0 Å². The molecule has 0 bridgehead atoms. The smallest absolute Gasteiger partial charge is 0.170 e. The zero-order chi connectivity index (χ0) is 7.98. The van der Waals surface area contributed by atoms with E-state index in [2.05, 4.69) is 0 Å². The second kappa shape index (κ2) is 5.45. The third-order valence-electron chi connectivity index (χ3n) is 0.719. The highest BCUT2D eigenvalue weighted by Gasteiger charge is 1.94. The third-order valence-corrected chi connectivity index (χ3v) is 1.25. The number of carbonyl (C=O) groups excluding carboxylic acids is 2. The monoisotopic (exact) mass is 180 g/mol. The van der Waals surface area contributed by atoms with Crippen molar-refractivity contribution in [3.8, 4) is 0 Å². The summed E-state index contributed by atoms with van der Waals surface area (Å²) in [4.78, 5) is 20.8. The number of ketones is 2. The fraction of sp³-hybridized carbons (Fsp3) is 0.333. The van der Waals surface area contributed by atoms with E-state index in [-0.39, 0.29) is 23.3 Å². The highest BCUT2D eigenvalue weighted by atomic mass is 35.5. The van der Waals surface area contributed by atoms with Crippen LogP contribution in [0.15, 0.2) is 12.2 Å². The van der Waals surface area contributed by atoms with E-state index in [1.807, 2.05) is 0 Å². The topological polar surface area (TPSA) is 34.1 Å². The van der Waals surface area contributed by atoms with Crippen LogP contribution in [0, 0.1) is 0 Å². The van der Waals surface area contributed by atoms with Crippen molar-refractivity contribution in [1.82, 2.24) is 0 Å². The minimum atomic E-state index is -0.292. The van der Waals surface area contributed by atoms with E-state index in [1.165, 1.54) is 0 Å². The van der Waals surface area contributed by atoms with Crippen LogP contribution in [0.5, 0.6) is 0 Å². The van der Waals surface area contributed by atoms with Gasteiger partial charge in [-0.1, -0.05) is 0 Å². The van der Waals surface area contributed by atoms with Crippen LogP contribution in [0.25, 0.3) is 0 Å². The van der Waals surface area contributed by atoms with Crippen LogP contribution in [0.2, 0.25) is 0 Å². The first kappa shape index (κ1) is 9.66. The number of hydrogen-bond donors (Lipinski definition) is 0. The maximum Gasteiger partial charge on any atom is 0.170 e. The number of hydrogen-bond acceptors (Lipinski definition) is 2. The molecule has 56 valence electrons. The summed E-state index contributed by atoms with van der Waals surface area (Å²) in [6.45, 7) is 0. The van der Waals surface area contributed by atoms with E-state index in [0.717, 1.165) is 12.2 Å². The molecule has 0 aliphatic rings. The Balaban J connectivity index is 3.75. The van der Waals surface area contributed by atoms with Gasteiger partial charge in [-0.2, -0.15) is 0 Å². The molecule has 0 unspecified atom stereocenters. The number of allylic oxidation sites excluding steroid dienone is 2. The van der Waals surface area contributed by atoms with Gasteiger partial charge in [0.15, 0.2) is 11.6 Å². The predicted molar refractivity (Wildman–Crippen MR) is 40.6 cm³/mol. The Hall–Kier alpha value is -0.340. The van der Waals surface area contributed by atoms with Crippen LogP contribution in [0.3, 0.4) is 0 Å². The standard InChI is InChI=1S/C6H6Cl2O2/c7-3-5(9)1-2-6(10)4-8/h1-2H,3-4H2. The average Bonchev–Trinajstić information content (AvgIpc) is 1.99. The fourth-order valence-electron chi connectivity index (χ4n) is 0.275. The molecule has 0 radical (unpaired) electrons. The summed E-state index contributed by atoms with van der Waals surface area (Å²) in [6, 6.07) is 0. The SMILES string of the molecule is O=C(C=CC(=O)CCl)CCl. The summed E-state index contributed by atoms with van der Waals surface area (Å²) in [7, 11) is 0. The first-order chi connectivity index (χ1) is 4.70. The van der Waals surface area contributed by atoms with Gasteiger partial charge in [0.2, 0.25) is 0 Å². The summed E-state index contributed by atoms with van der Waals surface area (Å²) >= 11 is 10.3. The molecule has 0 atom stereocenters. The molecule has 0 saturated carbocycles. The molecule has 0 heterocycles. The van der Waals surface area contributed by atoms with Crippen molar-refractivity contribution < 1.29 is 9.59 Å². The van der Waals surface area contributed by atoms with E-state index in [4.69, 9.17) is 23.2 Å². The van der Waals surface area contributed by atoms with Gasteiger partial charge in [-0.25, -0.2) is 0 Å². The molecule has 0 aromatic rings. The van der Waals surface area contributed by atoms with Gasteiger partial charge in [0, 0.05) is 0 Å². The van der Waals surface area contributed by atoms with Crippen molar-refractivity contribution in [2.75, 3.05) is 11.8 Å². The summed E-state index contributed by atoms with van der Waals surface area (Å²) in [5.41, 5.74) is 0. The molecular weight excluding hydrogens is 175 g/mol. The first-order valence-electron chi connectivity index (χ1n) is 2.56. The summed E-state index contributed by atoms with van der Waals surface area (Å²) in [5, 5.41) is 0. The highest BCUT2D eigenvalue weighted by Crippen LogP contribution is 1.85. The molecule has 0 saturated heterocycles. The Morgan fingerprint density at radius 1 is 1.00 bits per heavy atom. The molecule has 0 aromatic carbocycles. The van der Waals surface area contributed by atoms with Gasteiger partial charge >= 0.3 is 0 Å². The third kappa shape index (κ3) is 4.53. The van der Waals surface area contributed by atoms with Crippen LogP contribution < -0.4 is 0 Å². The van der Waals surface area contributed by atoms with Gasteiger partial charge < -0.3 is 0 Å². The molecule has 0 aliphatic carbocycles. The predicted octanol–water partition coefficient (Wildman–Crippen LogP) is 1.16. The van der Waals surface area contributed by atoms with Crippen molar-refractivity contribution in [1.29, 1.82) is 0 Å². The number of alkyl halides is 2. The van der Waals surface area contributed by atoms with Crippen LogP contribution in [0.1, 0.15) is 0 Å². The number of rotatable bonds is 4. The lowest BCUT2D eigenvalue weighted by Gasteiger charge is -1.82. The molecule has 0 fully saturated rings. The Labute approximate surface area is 68.8 Å². The van der Waals surface area contributed by atoms with Crippen LogP contribution in [-0.2, 0) is 9.59 Å². The summed E-state index contributed by atoms with van der Waals surface area (Å²) in [6.07, 6.45) is 2.25. The lowest BCUT2D eigenvalue weighted by Crippen LogP contribution is -1.97. The van der Waals surface area contributed by atoms with Gasteiger partial charge in [0.25, 0.3) is 0 Å². The Morgan fingerprint density at radius 3 is 1.50 bits per heavy atom. The highest BCUT2D eigenvalue weighted by molar-refractivity contribution is 6.31. The zero-order valence-corrected chi connectivity index (χ0v) is 6.65. The molecule has 4 heteroatoms. The van der Waals surface area contributed by atoms with E-state index in [9.17, 15) is 9.59 Å². The van der Waals surface area contributed by atoms with E-state index in [0.29, 0.717) is 0 Å². The molecule has 0 spiro atoms. The van der Waals surface area contributed by atoms with Crippen molar-refractivity contribution in [2.45, 2.75) is 0 Å². The van der Waals surface area contributed by atoms with Crippen molar-refractivity contribution >= 4 is 34.8 Å². The zero-order valence-electron chi connectivity index (χ0n) is 5.14. The molecule has 0 rings (SSSR count). The van der Waals surface area contributed by atoms with Crippen molar-refractivity contribution in [3.63, 3.8) is 0 Å². The van der Waals surface area contributed by atoms with Crippen LogP contribution in [0.4, 0.5) is 0 Å². The fourth-order valence-corrected chi connectivity index (χ4v) is 0.453. The lowest BCUT2D eigenvalue weighted by molar-refractivity contribution is -0.114. The van der Waals surface area contributed by atoms with Gasteiger partial charge in [-0.05, 0) is 12.2 Å². The number of halogens is 2. The second-order valence-corrected chi connectivity index (χ2v) is 2.07. The first-order valence-corrected chi connectivity index (χ1v) is 3.63. The minimum Gasteiger partial charge on any atom is -0.294 e. The Kier molecular flexibility index (Phi) is 5.26. The largest absolute Gasteiger partial charge is 0.294 e. The van der Waals surface area contributed by atoms with Crippen LogP contribution in [-0.4, -0.2) is 23.3 Å². The Bertz CT molecular complexity index is 145. The van der Waals surface area contributed by atoms with Gasteiger partial charge in [-0.3, -0.25) is 9.59 Å². The molecule has 0 N–H and O–H groups in total. The number of carbonyl (C=O) groups is 2. The van der Waals surface area contributed by atoms with Gasteiger partial charge in [0.05, 0.1) is 11.8 Å². The normalized spacial score (nSPS) is 10.2. The Morgan fingerprint density at radius 2 is 1.30 bits per heavy atom. The molecule has 2 nitrogen and oxygen atoms in total. The van der Waals surface area contributed by atoms with Crippen molar-refractivity contribution in [2.24, 2.45) is 0 Å². The molecule has 0 amide bonds. The maximum atomic E-state index is 10.4. The summed E-state index contributed by atoms with van der Waals surface area (Å²) in [5.74, 6) is -0.793. The lowest BCUT2D eigenvalue weighted by atomic mass is 10.3. The van der Waals surface area contributed by atoms with Gasteiger partial charge in [-0.15, -0.1) is 23.2 Å². The quantitative estimate of drug-likeness (QED) is 0.481.